The third-order valence-electron chi connectivity index (χ3n) is 3.51. The van der Waals surface area contributed by atoms with E-state index in [2.05, 4.69) is 10.9 Å². The van der Waals surface area contributed by atoms with Crippen LogP contribution in [0.5, 0.6) is 11.5 Å². The topological polar surface area (TPSA) is 146 Å². The number of carbonyl (C=O) groups is 1. The molecule has 11 heteroatoms. The van der Waals surface area contributed by atoms with Gasteiger partial charge in [0.25, 0.3) is 11.6 Å². The number of carbonyl (C=O) groups excluding carboxylic acids is 1. The van der Waals surface area contributed by atoms with E-state index in [1.165, 1.54) is 0 Å². The summed E-state index contributed by atoms with van der Waals surface area (Å²) in [5, 5.41) is 21.8. The highest BCUT2D eigenvalue weighted by atomic mass is 16.6. The third kappa shape index (κ3) is 3.45. The molecule has 1 heterocycles. The van der Waals surface area contributed by atoms with E-state index in [-0.39, 0.29) is 12.3 Å². The van der Waals surface area contributed by atoms with Crippen molar-refractivity contribution in [1.29, 1.82) is 0 Å². The van der Waals surface area contributed by atoms with Gasteiger partial charge in [0.15, 0.2) is 11.5 Å². The van der Waals surface area contributed by atoms with Gasteiger partial charge in [0.1, 0.15) is 12.3 Å². The van der Waals surface area contributed by atoms with Crippen molar-refractivity contribution in [3.8, 4) is 11.5 Å². The maximum atomic E-state index is 12.2. The van der Waals surface area contributed by atoms with Crippen LogP contribution in [0.1, 0.15) is 0 Å². The first kappa shape index (κ1) is 17.0. The van der Waals surface area contributed by atoms with Gasteiger partial charge in [-0.15, -0.1) is 0 Å². The minimum Gasteiger partial charge on any atom is -0.485 e. The molecule has 2 aromatic carbocycles. The molecule has 0 radical (unpaired) electrons. The second kappa shape index (κ2) is 6.93. The quantitative estimate of drug-likeness (QED) is 0.606. The highest BCUT2D eigenvalue weighted by Crippen LogP contribution is 2.31. The number of hydrogen-bond donors (Lipinski definition) is 2. The summed E-state index contributed by atoms with van der Waals surface area (Å²) in [6.07, 6.45) is -0.963. The van der Waals surface area contributed by atoms with E-state index in [9.17, 15) is 25.0 Å². The van der Waals surface area contributed by atoms with Crippen LogP contribution >= 0.6 is 0 Å². The summed E-state index contributed by atoms with van der Waals surface area (Å²) in [5.41, 5.74) is 3.57. The average molecular weight is 360 g/mol. The zero-order chi connectivity index (χ0) is 18.7. The molecule has 2 aromatic rings. The third-order valence-corrected chi connectivity index (χ3v) is 3.51. The molecule has 0 spiro atoms. The Morgan fingerprint density at radius 2 is 1.81 bits per heavy atom. The number of amides is 1. The Morgan fingerprint density at radius 1 is 1.08 bits per heavy atom. The minimum absolute atomic E-state index is 0.0348. The molecule has 0 fully saturated rings. The molecule has 1 aliphatic heterocycles. The van der Waals surface area contributed by atoms with Crippen molar-refractivity contribution in [1.82, 2.24) is 5.43 Å². The predicted molar refractivity (Wildman–Crippen MR) is 87.9 cm³/mol. The number of hydrazine groups is 1. The van der Waals surface area contributed by atoms with Crippen molar-refractivity contribution >= 4 is 23.0 Å². The van der Waals surface area contributed by atoms with Crippen LogP contribution < -0.4 is 20.3 Å². The van der Waals surface area contributed by atoms with Crippen LogP contribution in [0.3, 0.4) is 0 Å². The van der Waals surface area contributed by atoms with Crippen molar-refractivity contribution in [2.45, 2.75) is 6.10 Å². The molecule has 134 valence electrons. The molecular formula is C15H12N4O7. The van der Waals surface area contributed by atoms with Crippen LogP contribution in [0, 0.1) is 20.2 Å². The van der Waals surface area contributed by atoms with E-state index >= 15 is 0 Å². The van der Waals surface area contributed by atoms with Gasteiger partial charge in [-0.1, -0.05) is 12.1 Å². The zero-order valence-electron chi connectivity index (χ0n) is 13.1. The summed E-state index contributed by atoms with van der Waals surface area (Å²) < 4.78 is 10.9. The SMILES string of the molecule is O=C(NNc1ccc([N+](=O)[O-])cc1[N+](=O)[O-])[C@H]1COc2ccccc2O1. The number of hydrogen-bond acceptors (Lipinski definition) is 8. The lowest BCUT2D eigenvalue weighted by molar-refractivity contribution is -0.393. The molecule has 0 aromatic heterocycles. The molecule has 1 aliphatic rings. The van der Waals surface area contributed by atoms with E-state index < -0.39 is 33.2 Å². The van der Waals surface area contributed by atoms with Gasteiger partial charge in [-0.05, 0) is 18.2 Å². The second-order valence-electron chi connectivity index (χ2n) is 5.19. The molecule has 11 nitrogen and oxygen atoms in total. The largest absolute Gasteiger partial charge is 0.485 e. The number of nitro benzene ring substituents is 2. The monoisotopic (exact) mass is 360 g/mol. The summed E-state index contributed by atoms with van der Waals surface area (Å²) in [6, 6.07) is 9.83. The number of nitro groups is 2. The molecule has 0 unspecified atom stereocenters. The Hall–Kier alpha value is -3.89. The van der Waals surface area contributed by atoms with Crippen LogP contribution in [0.15, 0.2) is 42.5 Å². The van der Waals surface area contributed by atoms with Crippen molar-refractivity contribution < 1.29 is 24.1 Å². The van der Waals surface area contributed by atoms with Gasteiger partial charge in [-0.25, -0.2) is 0 Å². The number of para-hydroxylation sites is 2. The van der Waals surface area contributed by atoms with Crippen molar-refractivity contribution in [2.75, 3.05) is 12.0 Å². The first-order valence-corrected chi connectivity index (χ1v) is 7.33. The maximum absolute atomic E-state index is 12.2. The maximum Gasteiger partial charge on any atom is 0.300 e. The Labute approximate surface area is 145 Å². The van der Waals surface area contributed by atoms with Gasteiger partial charge >= 0.3 is 5.69 Å². The molecule has 1 atom stereocenters. The molecule has 0 saturated carbocycles. The number of nitrogens with one attached hydrogen (secondary N) is 2. The summed E-state index contributed by atoms with van der Waals surface area (Å²) in [4.78, 5) is 32.4. The van der Waals surface area contributed by atoms with Crippen LogP contribution in [0.25, 0.3) is 0 Å². The molecule has 2 N–H and O–H groups in total. The van der Waals surface area contributed by atoms with Crippen LogP contribution in [0.2, 0.25) is 0 Å². The Balaban J connectivity index is 1.68. The number of ether oxygens (including phenoxy) is 2. The first-order chi connectivity index (χ1) is 12.5. The predicted octanol–water partition coefficient (Wildman–Crippen LogP) is 1.79. The lowest BCUT2D eigenvalue weighted by Crippen LogP contribution is -2.46. The highest BCUT2D eigenvalue weighted by Gasteiger charge is 2.28. The first-order valence-electron chi connectivity index (χ1n) is 7.33. The summed E-state index contributed by atoms with van der Waals surface area (Å²) in [6.45, 7) is -0.0348. The van der Waals surface area contributed by atoms with Gasteiger partial charge in [0, 0.05) is 6.07 Å². The minimum atomic E-state index is -0.963. The normalized spacial score (nSPS) is 15.0. The van der Waals surface area contributed by atoms with Crippen LogP contribution in [0.4, 0.5) is 17.1 Å². The number of rotatable bonds is 5. The average Bonchev–Trinajstić information content (AvgIpc) is 2.65. The summed E-state index contributed by atoms with van der Waals surface area (Å²) >= 11 is 0. The molecule has 0 aliphatic carbocycles. The second-order valence-corrected chi connectivity index (χ2v) is 5.19. The number of anilines is 1. The molecule has 1 amide bonds. The van der Waals surface area contributed by atoms with Crippen LogP contribution in [-0.4, -0.2) is 28.5 Å². The van der Waals surface area contributed by atoms with Gasteiger partial charge in [-0.2, -0.15) is 0 Å². The Morgan fingerprint density at radius 3 is 2.50 bits per heavy atom. The van der Waals surface area contributed by atoms with Crippen molar-refractivity contribution in [2.24, 2.45) is 0 Å². The van der Waals surface area contributed by atoms with E-state index in [0.717, 1.165) is 18.2 Å². The lowest BCUT2D eigenvalue weighted by atomic mass is 10.2. The number of fused-ring (bicyclic) bond motifs is 1. The van der Waals surface area contributed by atoms with Crippen molar-refractivity contribution in [3.63, 3.8) is 0 Å². The van der Waals surface area contributed by atoms with Gasteiger partial charge in [-0.3, -0.25) is 35.9 Å². The summed E-state index contributed by atoms with van der Waals surface area (Å²) in [7, 11) is 0. The number of benzene rings is 2. The molecule has 26 heavy (non-hydrogen) atoms. The van der Waals surface area contributed by atoms with Gasteiger partial charge in [0.05, 0.1) is 15.9 Å². The summed E-state index contributed by atoms with van der Waals surface area (Å²) in [5.74, 6) is 0.294. The lowest BCUT2D eigenvalue weighted by Gasteiger charge is -2.25. The standard InChI is InChI=1S/C15H12N4O7/c20-15(14-8-25-12-3-1-2-4-13(12)26-14)17-16-10-6-5-9(18(21)22)7-11(10)19(23)24/h1-7,14,16H,8H2,(H,17,20)/t14-/m1/s1. The zero-order valence-corrected chi connectivity index (χ0v) is 13.1. The van der Waals surface area contributed by atoms with E-state index in [0.29, 0.717) is 11.5 Å². The fraction of sp³-hybridized carbons (Fsp3) is 0.133. The van der Waals surface area contributed by atoms with Gasteiger partial charge < -0.3 is 9.47 Å². The number of nitrogens with zero attached hydrogens (tertiary/aromatic N) is 2. The smallest absolute Gasteiger partial charge is 0.300 e. The molecule has 0 bridgehead atoms. The molecule has 3 rings (SSSR count). The Bertz CT molecular complexity index is 886. The van der Waals surface area contributed by atoms with E-state index in [1.807, 2.05) is 0 Å². The molecular weight excluding hydrogens is 348 g/mol. The highest BCUT2D eigenvalue weighted by molar-refractivity contribution is 5.83. The molecule has 0 saturated heterocycles. The van der Waals surface area contributed by atoms with E-state index in [4.69, 9.17) is 9.47 Å². The van der Waals surface area contributed by atoms with Crippen LogP contribution in [-0.2, 0) is 4.79 Å². The fourth-order valence-corrected chi connectivity index (χ4v) is 2.25. The van der Waals surface area contributed by atoms with E-state index in [1.54, 1.807) is 24.3 Å². The fourth-order valence-electron chi connectivity index (χ4n) is 2.25. The van der Waals surface area contributed by atoms with Crippen molar-refractivity contribution in [3.05, 3.63) is 62.7 Å². The Kier molecular flexibility index (Phi) is 4.51. The number of non-ortho nitro benzene ring substituents is 1. The van der Waals surface area contributed by atoms with Gasteiger partial charge in [0.2, 0.25) is 6.10 Å².